The van der Waals surface area contributed by atoms with Gasteiger partial charge in [-0.05, 0) is 18.2 Å². The van der Waals surface area contributed by atoms with E-state index in [0.717, 1.165) is 16.5 Å². The average Bonchev–Trinajstić information content (AvgIpc) is 2.90. The number of aryl methyl sites for hydroxylation is 1. The molecule has 0 aliphatic heterocycles. The van der Waals surface area contributed by atoms with Gasteiger partial charge in [0.2, 0.25) is 0 Å². The number of carbonyl (C=O) groups is 1. The zero-order valence-electron chi connectivity index (χ0n) is 12.7. The van der Waals surface area contributed by atoms with Gasteiger partial charge < -0.3 is 15.0 Å². The van der Waals surface area contributed by atoms with Crippen molar-refractivity contribution >= 4 is 28.4 Å². The van der Waals surface area contributed by atoms with Gasteiger partial charge in [0, 0.05) is 36.3 Å². The van der Waals surface area contributed by atoms with Crippen LogP contribution in [0.4, 0.5) is 0 Å². The lowest BCUT2D eigenvalue weighted by Crippen LogP contribution is -2.28. The second-order valence-electron chi connectivity index (χ2n) is 5.42. The normalized spacial score (nSPS) is 12.3. The number of hydrogen-bond donors (Lipinski definition) is 2. The van der Waals surface area contributed by atoms with Crippen molar-refractivity contribution in [2.75, 3.05) is 6.54 Å². The van der Waals surface area contributed by atoms with Gasteiger partial charge in [0.05, 0.1) is 16.7 Å². The molecule has 0 bridgehead atoms. The number of aliphatic hydroxyl groups excluding tert-OH is 1. The molecule has 3 aromatic rings. The zero-order valence-corrected chi connectivity index (χ0v) is 13.4. The molecule has 0 radical (unpaired) electrons. The molecule has 0 saturated carbocycles. The van der Waals surface area contributed by atoms with Crippen molar-refractivity contribution in [3.05, 3.63) is 70.9 Å². The van der Waals surface area contributed by atoms with Crippen LogP contribution in [0.25, 0.3) is 10.9 Å². The Morgan fingerprint density at radius 2 is 1.91 bits per heavy atom. The van der Waals surface area contributed by atoms with Crippen molar-refractivity contribution in [2.24, 2.45) is 7.05 Å². The summed E-state index contributed by atoms with van der Waals surface area (Å²) in [4.78, 5) is 12.2. The minimum Gasteiger partial charge on any atom is -0.386 e. The highest BCUT2D eigenvalue weighted by molar-refractivity contribution is 6.33. The minimum absolute atomic E-state index is 0.123. The first kappa shape index (κ1) is 15.6. The van der Waals surface area contributed by atoms with Gasteiger partial charge in [0.1, 0.15) is 0 Å². The summed E-state index contributed by atoms with van der Waals surface area (Å²) in [5.74, 6) is -0.296. The second-order valence-corrected chi connectivity index (χ2v) is 5.83. The minimum atomic E-state index is -0.785. The number of nitrogens with zero attached hydrogens (tertiary/aromatic N) is 1. The number of para-hydroxylation sites is 1. The molecule has 1 unspecified atom stereocenters. The van der Waals surface area contributed by atoms with Gasteiger partial charge >= 0.3 is 0 Å². The Bertz CT molecular complexity index is 857. The lowest BCUT2D eigenvalue weighted by molar-refractivity contribution is 0.0917. The molecule has 2 N–H and O–H groups in total. The van der Waals surface area contributed by atoms with Crippen LogP contribution in [0.1, 0.15) is 22.0 Å². The highest BCUT2D eigenvalue weighted by atomic mass is 35.5. The van der Waals surface area contributed by atoms with Crippen LogP contribution in [0.2, 0.25) is 5.02 Å². The molecule has 0 aliphatic carbocycles. The summed E-state index contributed by atoms with van der Waals surface area (Å²) in [6.45, 7) is 0.123. The van der Waals surface area contributed by atoms with E-state index in [9.17, 15) is 9.90 Å². The fraction of sp³-hybridized carbons (Fsp3) is 0.167. The van der Waals surface area contributed by atoms with E-state index in [1.165, 1.54) is 0 Å². The SMILES string of the molecule is Cn1cc(C(O)CNC(=O)c2ccccc2Cl)c2ccccc21. The van der Waals surface area contributed by atoms with Crippen LogP contribution in [0.5, 0.6) is 0 Å². The van der Waals surface area contributed by atoms with E-state index in [1.54, 1.807) is 24.3 Å². The van der Waals surface area contributed by atoms with Crippen LogP contribution in [0.3, 0.4) is 0 Å². The average molecular weight is 329 g/mol. The quantitative estimate of drug-likeness (QED) is 0.772. The molecule has 23 heavy (non-hydrogen) atoms. The molecular formula is C18H17ClN2O2. The Morgan fingerprint density at radius 3 is 2.70 bits per heavy atom. The van der Waals surface area contributed by atoms with Crippen molar-refractivity contribution in [1.29, 1.82) is 0 Å². The lowest BCUT2D eigenvalue weighted by atomic mass is 10.1. The number of amides is 1. The van der Waals surface area contributed by atoms with Gasteiger partial charge in [-0.2, -0.15) is 0 Å². The predicted octanol–water partition coefficient (Wildman–Crippen LogP) is 3.30. The van der Waals surface area contributed by atoms with Crippen LogP contribution < -0.4 is 5.32 Å². The maximum absolute atomic E-state index is 12.2. The molecule has 0 aliphatic rings. The molecule has 5 heteroatoms. The Labute approximate surface area is 139 Å². The summed E-state index contributed by atoms with van der Waals surface area (Å²) in [7, 11) is 1.93. The van der Waals surface area contributed by atoms with Crippen LogP contribution in [-0.2, 0) is 7.05 Å². The van der Waals surface area contributed by atoms with Gasteiger partial charge in [-0.15, -0.1) is 0 Å². The zero-order chi connectivity index (χ0) is 16.4. The number of carbonyl (C=O) groups excluding carboxylic acids is 1. The smallest absolute Gasteiger partial charge is 0.252 e. The van der Waals surface area contributed by atoms with E-state index in [-0.39, 0.29) is 12.5 Å². The highest BCUT2D eigenvalue weighted by Gasteiger charge is 2.16. The van der Waals surface area contributed by atoms with E-state index >= 15 is 0 Å². The van der Waals surface area contributed by atoms with E-state index in [0.29, 0.717) is 10.6 Å². The summed E-state index contributed by atoms with van der Waals surface area (Å²) in [5.41, 5.74) is 2.24. The van der Waals surface area contributed by atoms with Gasteiger partial charge in [-0.3, -0.25) is 4.79 Å². The summed E-state index contributed by atoms with van der Waals surface area (Å²) >= 11 is 6.01. The van der Waals surface area contributed by atoms with Crippen molar-refractivity contribution < 1.29 is 9.90 Å². The maximum atomic E-state index is 12.2. The van der Waals surface area contributed by atoms with Crippen LogP contribution in [0, 0.1) is 0 Å². The Morgan fingerprint density at radius 1 is 1.22 bits per heavy atom. The lowest BCUT2D eigenvalue weighted by Gasteiger charge is -2.12. The number of benzene rings is 2. The number of hydrogen-bond acceptors (Lipinski definition) is 2. The van der Waals surface area contributed by atoms with E-state index in [1.807, 2.05) is 42.1 Å². The molecule has 1 atom stereocenters. The topological polar surface area (TPSA) is 54.3 Å². The predicted molar refractivity (Wildman–Crippen MR) is 91.7 cm³/mol. The molecule has 0 spiro atoms. The molecular weight excluding hydrogens is 312 g/mol. The third kappa shape index (κ3) is 3.09. The fourth-order valence-corrected chi connectivity index (χ4v) is 2.90. The molecule has 0 fully saturated rings. The first-order chi connectivity index (χ1) is 11.1. The monoisotopic (exact) mass is 328 g/mol. The van der Waals surface area contributed by atoms with Crippen molar-refractivity contribution in [3.8, 4) is 0 Å². The number of nitrogens with one attached hydrogen (secondary N) is 1. The number of halogens is 1. The third-order valence-electron chi connectivity index (χ3n) is 3.86. The summed E-state index contributed by atoms with van der Waals surface area (Å²) < 4.78 is 1.96. The number of aliphatic hydroxyl groups is 1. The molecule has 1 amide bonds. The van der Waals surface area contributed by atoms with Crippen molar-refractivity contribution in [3.63, 3.8) is 0 Å². The third-order valence-corrected chi connectivity index (χ3v) is 4.19. The number of fused-ring (bicyclic) bond motifs is 1. The van der Waals surface area contributed by atoms with Crippen LogP contribution >= 0.6 is 11.6 Å². The van der Waals surface area contributed by atoms with E-state index in [2.05, 4.69) is 5.32 Å². The van der Waals surface area contributed by atoms with Gasteiger partial charge in [-0.1, -0.05) is 41.9 Å². The van der Waals surface area contributed by atoms with Crippen molar-refractivity contribution in [1.82, 2.24) is 9.88 Å². The Balaban J connectivity index is 1.75. The second kappa shape index (κ2) is 6.44. The van der Waals surface area contributed by atoms with Gasteiger partial charge in [0.15, 0.2) is 0 Å². The molecule has 1 aromatic heterocycles. The largest absolute Gasteiger partial charge is 0.386 e. The standard InChI is InChI=1S/C18H17ClN2O2/c1-21-11-14(12-6-3-5-9-16(12)21)17(22)10-20-18(23)13-7-2-4-8-15(13)19/h2-9,11,17,22H,10H2,1H3,(H,20,23). The molecule has 4 nitrogen and oxygen atoms in total. The number of aromatic nitrogens is 1. The molecule has 0 saturated heterocycles. The molecule has 118 valence electrons. The van der Waals surface area contributed by atoms with Gasteiger partial charge in [0.25, 0.3) is 5.91 Å². The summed E-state index contributed by atoms with van der Waals surface area (Å²) in [6, 6.07) is 14.7. The van der Waals surface area contributed by atoms with E-state index < -0.39 is 6.10 Å². The fourth-order valence-electron chi connectivity index (χ4n) is 2.68. The molecule has 1 heterocycles. The van der Waals surface area contributed by atoms with Crippen LogP contribution in [-0.4, -0.2) is 22.1 Å². The number of rotatable bonds is 4. The molecule has 3 rings (SSSR count). The summed E-state index contributed by atoms with van der Waals surface area (Å²) in [5, 5.41) is 14.5. The van der Waals surface area contributed by atoms with Gasteiger partial charge in [-0.25, -0.2) is 0 Å². The Kier molecular flexibility index (Phi) is 4.37. The highest BCUT2D eigenvalue weighted by Crippen LogP contribution is 2.25. The van der Waals surface area contributed by atoms with Crippen LogP contribution in [0.15, 0.2) is 54.7 Å². The maximum Gasteiger partial charge on any atom is 0.252 e. The first-order valence-corrected chi connectivity index (χ1v) is 7.70. The Hall–Kier alpha value is -2.30. The molecule has 2 aromatic carbocycles. The van der Waals surface area contributed by atoms with E-state index in [4.69, 9.17) is 11.6 Å². The van der Waals surface area contributed by atoms with Crippen molar-refractivity contribution in [2.45, 2.75) is 6.10 Å². The first-order valence-electron chi connectivity index (χ1n) is 7.32. The summed E-state index contributed by atoms with van der Waals surface area (Å²) in [6.07, 6.45) is 1.10.